The summed E-state index contributed by atoms with van der Waals surface area (Å²) in [5.41, 5.74) is 3.37. The first-order valence-corrected chi connectivity index (χ1v) is 12.2. The molecule has 7 nitrogen and oxygen atoms in total. The van der Waals surface area contributed by atoms with Crippen molar-refractivity contribution in [2.75, 3.05) is 31.2 Å². The number of benzene rings is 2. The topological polar surface area (TPSA) is 83.1 Å². The Labute approximate surface area is 221 Å². The predicted octanol–water partition coefficient (Wildman–Crippen LogP) is 5.49. The van der Waals surface area contributed by atoms with Gasteiger partial charge >= 0.3 is 0 Å². The van der Waals surface area contributed by atoms with E-state index in [9.17, 15) is 13.6 Å². The van der Waals surface area contributed by atoms with Crippen molar-refractivity contribution in [3.63, 3.8) is 0 Å². The number of ether oxygens (including phenoxy) is 1. The zero-order chi connectivity index (χ0) is 25.9. The van der Waals surface area contributed by atoms with E-state index in [0.717, 1.165) is 17.7 Å². The SMILES string of the molecule is O=C(NCc1ccc(F)c(F)c1)c1cc(-c2nc(N3CCOCC3)ncc2-c2cc(Cl)cc(Cl)c2)c[nH]1. The van der Waals surface area contributed by atoms with E-state index in [4.69, 9.17) is 32.9 Å². The number of carbonyl (C=O) groups is 1. The predicted molar refractivity (Wildman–Crippen MR) is 138 cm³/mol. The molecule has 1 aliphatic rings. The van der Waals surface area contributed by atoms with Gasteiger partial charge in [-0.1, -0.05) is 29.3 Å². The van der Waals surface area contributed by atoms with Gasteiger partial charge in [-0.3, -0.25) is 4.79 Å². The summed E-state index contributed by atoms with van der Waals surface area (Å²) in [5, 5.41) is 3.64. The fraction of sp³-hybridized carbons (Fsp3) is 0.192. The molecule has 37 heavy (non-hydrogen) atoms. The van der Waals surface area contributed by atoms with E-state index in [-0.39, 0.29) is 12.2 Å². The van der Waals surface area contributed by atoms with Gasteiger partial charge in [0.15, 0.2) is 11.6 Å². The van der Waals surface area contributed by atoms with Crippen molar-refractivity contribution < 1.29 is 18.3 Å². The molecule has 3 heterocycles. The highest BCUT2D eigenvalue weighted by atomic mass is 35.5. The molecule has 0 atom stereocenters. The molecule has 2 aromatic heterocycles. The van der Waals surface area contributed by atoms with E-state index in [1.165, 1.54) is 6.07 Å². The summed E-state index contributed by atoms with van der Waals surface area (Å²) in [4.78, 5) is 27.2. The van der Waals surface area contributed by atoms with E-state index in [0.29, 0.717) is 64.7 Å². The first-order valence-electron chi connectivity index (χ1n) is 11.4. The summed E-state index contributed by atoms with van der Waals surface area (Å²) in [5.74, 6) is -1.78. The molecule has 1 amide bonds. The van der Waals surface area contributed by atoms with Crippen LogP contribution in [-0.4, -0.2) is 47.2 Å². The van der Waals surface area contributed by atoms with Crippen LogP contribution in [0.1, 0.15) is 16.1 Å². The van der Waals surface area contributed by atoms with E-state index in [1.54, 1.807) is 36.7 Å². The van der Waals surface area contributed by atoms with Gasteiger partial charge in [-0.05, 0) is 47.5 Å². The van der Waals surface area contributed by atoms with Gasteiger partial charge in [0.25, 0.3) is 5.91 Å². The van der Waals surface area contributed by atoms with Crippen LogP contribution < -0.4 is 10.2 Å². The van der Waals surface area contributed by atoms with Crippen LogP contribution in [0, 0.1) is 11.6 Å². The van der Waals surface area contributed by atoms with Crippen molar-refractivity contribution in [1.82, 2.24) is 20.3 Å². The van der Waals surface area contributed by atoms with Crippen molar-refractivity contribution in [3.05, 3.63) is 87.8 Å². The number of hydrogen-bond acceptors (Lipinski definition) is 5. The summed E-state index contributed by atoms with van der Waals surface area (Å²) in [6.45, 7) is 2.51. The third kappa shape index (κ3) is 5.74. The van der Waals surface area contributed by atoms with Crippen LogP contribution in [0.5, 0.6) is 0 Å². The van der Waals surface area contributed by atoms with E-state index < -0.39 is 17.5 Å². The van der Waals surface area contributed by atoms with E-state index in [2.05, 4.69) is 15.3 Å². The molecule has 0 spiro atoms. The number of aromatic amines is 1. The van der Waals surface area contributed by atoms with Crippen LogP contribution in [0.2, 0.25) is 10.0 Å². The zero-order valence-corrected chi connectivity index (χ0v) is 20.9. The van der Waals surface area contributed by atoms with Crippen LogP contribution >= 0.6 is 23.2 Å². The molecule has 0 aliphatic carbocycles. The number of nitrogens with one attached hydrogen (secondary N) is 2. The number of carbonyl (C=O) groups excluding carboxylic acids is 1. The first-order chi connectivity index (χ1) is 17.9. The highest BCUT2D eigenvalue weighted by Gasteiger charge is 2.20. The monoisotopic (exact) mass is 543 g/mol. The highest BCUT2D eigenvalue weighted by Crippen LogP contribution is 2.35. The van der Waals surface area contributed by atoms with Crippen molar-refractivity contribution >= 4 is 35.1 Å². The lowest BCUT2D eigenvalue weighted by molar-refractivity contribution is 0.0946. The van der Waals surface area contributed by atoms with Gasteiger partial charge < -0.3 is 19.9 Å². The van der Waals surface area contributed by atoms with E-state index >= 15 is 0 Å². The lowest BCUT2D eigenvalue weighted by atomic mass is 10.0. The Bertz CT molecular complexity index is 1440. The van der Waals surface area contributed by atoms with Gasteiger partial charge in [-0.25, -0.2) is 18.7 Å². The normalized spacial score (nSPS) is 13.6. The summed E-state index contributed by atoms with van der Waals surface area (Å²) in [6.07, 6.45) is 3.39. The van der Waals surface area contributed by atoms with Gasteiger partial charge in [-0.2, -0.15) is 0 Å². The van der Waals surface area contributed by atoms with Crippen LogP contribution in [0.3, 0.4) is 0 Å². The number of amides is 1. The van der Waals surface area contributed by atoms with Gasteiger partial charge in [-0.15, -0.1) is 0 Å². The Kier molecular flexibility index (Phi) is 7.36. The Balaban J connectivity index is 1.45. The average Bonchev–Trinajstić information content (AvgIpc) is 3.39. The third-order valence-electron chi connectivity index (χ3n) is 5.88. The molecule has 0 radical (unpaired) electrons. The van der Waals surface area contributed by atoms with Crippen LogP contribution in [0.15, 0.2) is 54.9 Å². The van der Waals surface area contributed by atoms with E-state index in [1.807, 2.05) is 4.90 Å². The lowest BCUT2D eigenvalue weighted by Crippen LogP contribution is -2.37. The minimum atomic E-state index is -0.970. The lowest BCUT2D eigenvalue weighted by Gasteiger charge is -2.27. The fourth-order valence-corrected chi connectivity index (χ4v) is 4.54. The highest BCUT2D eigenvalue weighted by molar-refractivity contribution is 6.35. The molecule has 2 aromatic carbocycles. The minimum absolute atomic E-state index is 0.0331. The second kappa shape index (κ2) is 10.8. The van der Waals surface area contributed by atoms with Gasteiger partial charge in [0.2, 0.25) is 5.95 Å². The largest absolute Gasteiger partial charge is 0.378 e. The Morgan fingerprint density at radius 1 is 1.03 bits per heavy atom. The Morgan fingerprint density at radius 2 is 1.78 bits per heavy atom. The fourth-order valence-electron chi connectivity index (χ4n) is 4.02. The number of morpholine rings is 1. The second-order valence-electron chi connectivity index (χ2n) is 8.42. The first kappa shape index (κ1) is 25.1. The van der Waals surface area contributed by atoms with Crippen LogP contribution in [-0.2, 0) is 11.3 Å². The minimum Gasteiger partial charge on any atom is -0.378 e. The number of aromatic nitrogens is 3. The summed E-state index contributed by atoms with van der Waals surface area (Å²) in [6, 6.07) is 10.3. The smallest absolute Gasteiger partial charge is 0.267 e. The van der Waals surface area contributed by atoms with Crippen molar-refractivity contribution in [1.29, 1.82) is 0 Å². The number of nitrogens with zero attached hydrogens (tertiary/aromatic N) is 3. The third-order valence-corrected chi connectivity index (χ3v) is 6.32. The Morgan fingerprint density at radius 3 is 2.51 bits per heavy atom. The maximum absolute atomic E-state index is 13.5. The molecular formula is C26H21Cl2F2N5O2. The quantitative estimate of drug-likeness (QED) is 0.336. The number of anilines is 1. The average molecular weight is 544 g/mol. The van der Waals surface area contributed by atoms with Crippen molar-refractivity contribution in [2.24, 2.45) is 0 Å². The molecule has 1 aliphatic heterocycles. The molecule has 1 saturated heterocycles. The van der Waals surface area contributed by atoms with Gasteiger partial charge in [0.05, 0.1) is 18.9 Å². The van der Waals surface area contributed by atoms with Gasteiger partial charge in [0.1, 0.15) is 5.69 Å². The number of hydrogen-bond donors (Lipinski definition) is 2. The molecule has 5 rings (SSSR count). The standard InChI is InChI=1S/C26H21Cl2F2N5O2/c27-18-8-16(9-19(28)11-18)20-14-33-26(35-3-5-37-6-4-35)34-24(20)17-10-23(31-13-17)25(36)32-12-15-1-2-21(29)22(30)7-15/h1-2,7-11,13-14,31H,3-6,12H2,(H,32,36). The Hall–Kier alpha value is -3.53. The maximum Gasteiger partial charge on any atom is 0.267 e. The van der Waals surface area contributed by atoms with Gasteiger partial charge in [0, 0.05) is 53.2 Å². The molecule has 190 valence electrons. The molecule has 0 unspecified atom stereocenters. The molecule has 2 N–H and O–H groups in total. The van der Waals surface area contributed by atoms with Crippen molar-refractivity contribution in [3.8, 4) is 22.4 Å². The molecule has 0 bridgehead atoms. The molecular weight excluding hydrogens is 523 g/mol. The number of halogens is 4. The molecule has 0 saturated carbocycles. The zero-order valence-electron chi connectivity index (χ0n) is 19.4. The molecule has 11 heteroatoms. The second-order valence-corrected chi connectivity index (χ2v) is 9.30. The number of rotatable bonds is 6. The molecule has 1 fully saturated rings. The summed E-state index contributed by atoms with van der Waals surface area (Å²) < 4.78 is 32.1. The summed E-state index contributed by atoms with van der Waals surface area (Å²) >= 11 is 12.5. The number of H-pyrrole nitrogens is 1. The maximum atomic E-state index is 13.5. The van der Waals surface area contributed by atoms with Crippen LogP contribution in [0.4, 0.5) is 14.7 Å². The molecule has 4 aromatic rings. The summed E-state index contributed by atoms with van der Waals surface area (Å²) in [7, 11) is 0. The van der Waals surface area contributed by atoms with Crippen molar-refractivity contribution in [2.45, 2.75) is 6.54 Å². The van der Waals surface area contributed by atoms with Crippen LogP contribution in [0.25, 0.3) is 22.4 Å².